The Hall–Kier alpha value is 0.846. The Balaban J connectivity index is -0.000000405. The third kappa shape index (κ3) is 8.76. The van der Waals surface area contributed by atoms with Crippen LogP contribution in [0.3, 0.4) is 0 Å². The van der Waals surface area contributed by atoms with Crippen molar-refractivity contribution in [1.29, 1.82) is 0 Å². The van der Waals surface area contributed by atoms with Gasteiger partial charge in [0, 0.05) is 5.57 Å². The molecule has 0 fully saturated rings. The SMILES string of the molecule is CCCC/C=C(/C)C(=O)O.[H-].[K+]. The van der Waals surface area contributed by atoms with E-state index in [2.05, 4.69) is 6.92 Å². The summed E-state index contributed by atoms with van der Waals surface area (Å²) in [6.45, 7) is 3.71. The Morgan fingerprint density at radius 2 is 2.18 bits per heavy atom. The molecule has 0 bridgehead atoms. The third-order valence-corrected chi connectivity index (χ3v) is 1.35. The van der Waals surface area contributed by atoms with E-state index in [-0.39, 0.29) is 52.8 Å². The van der Waals surface area contributed by atoms with Crippen LogP contribution in [0.1, 0.15) is 34.5 Å². The zero-order valence-electron chi connectivity index (χ0n) is 8.55. The van der Waals surface area contributed by atoms with Crippen molar-refractivity contribution >= 4 is 5.97 Å². The van der Waals surface area contributed by atoms with Crippen LogP contribution in [0.2, 0.25) is 0 Å². The molecule has 0 heterocycles. The third-order valence-electron chi connectivity index (χ3n) is 1.35. The van der Waals surface area contributed by atoms with Crippen LogP contribution in [0.4, 0.5) is 0 Å². The molecular weight excluding hydrogens is 167 g/mol. The van der Waals surface area contributed by atoms with Crippen molar-refractivity contribution in [2.45, 2.75) is 33.1 Å². The molecule has 0 aromatic heterocycles. The summed E-state index contributed by atoms with van der Waals surface area (Å²) in [6, 6.07) is 0. The fourth-order valence-corrected chi connectivity index (χ4v) is 0.610. The molecule has 0 aromatic rings. The zero-order chi connectivity index (χ0) is 7.98. The molecular formula is C8H15KO2. The van der Waals surface area contributed by atoms with Crippen LogP contribution in [0.15, 0.2) is 11.6 Å². The molecule has 0 saturated carbocycles. The van der Waals surface area contributed by atoms with Gasteiger partial charge in [0.15, 0.2) is 0 Å². The van der Waals surface area contributed by atoms with E-state index in [1.807, 2.05) is 0 Å². The van der Waals surface area contributed by atoms with Gasteiger partial charge in [-0.05, 0) is 13.3 Å². The summed E-state index contributed by atoms with van der Waals surface area (Å²) >= 11 is 0. The fourth-order valence-electron chi connectivity index (χ4n) is 0.610. The van der Waals surface area contributed by atoms with E-state index in [1.165, 1.54) is 0 Å². The molecule has 0 rings (SSSR count). The van der Waals surface area contributed by atoms with Crippen molar-refractivity contribution in [3.63, 3.8) is 0 Å². The molecule has 0 aliphatic heterocycles. The van der Waals surface area contributed by atoms with Gasteiger partial charge in [0.1, 0.15) is 0 Å². The zero-order valence-corrected chi connectivity index (χ0v) is 10.7. The molecule has 11 heavy (non-hydrogen) atoms. The van der Waals surface area contributed by atoms with Crippen LogP contribution in [-0.4, -0.2) is 11.1 Å². The van der Waals surface area contributed by atoms with Gasteiger partial charge in [-0.1, -0.05) is 25.8 Å². The molecule has 3 heteroatoms. The normalized spacial score (nSPS) is 10.5. The summed E-state index contributed by atoms with van der Waals surface area (Å²) < 4.78 is 0. The van der Waals surface area contributed by atoms with Gasteiger partial charge in [0.25, 0.3) is 0 Å². The summed E-state index contributed by atoms with van der Waals surface area (Å²) in [4.78, 5) is 10.2. The molecule has 0 aliphatic carbocycles. The molecule has 0 aliphatic rings. The molecule has 2 nitrogen and oxygen atoms in total. The average molecular weight is 182 g/mol. The number of unbranched alkanes of at least 4 members (excludes halogenated alkanes) is 2. The molecule has 1 N–H and O–H groups in total. The maximum Gasteiger partial charge on any atom is 1.00 e. The average Bonchev–Trinajstić information content (AvgIpc) is 1.88. The number of hydrogen-bond acceptors (Lipinski definition) is 1. The number of allylic oxidation sites excluding steroid dienone is 1. The van der Waals surface area contributed by atoms with Gasteiger partial charge in [-0.25, -0.2) is 4.79 Å². The standard InChI is InChI=1S/C8H14O2.K.H/c1-3-4-5-6-7(2)8(9)10;;/h6H,3-5H2,1-2H3,(H,9,10);;/q;+1;-1/b7-6-;;. The van der Waals surface area contributed by atoms with E-state index in [9.17, 15) is 4.79 Å². The molecule has 0 spiro atoms. The minimum absolute atomic E-state index is 0. The summed E-state index contributed by atoms with van der Waals surface area (Å²) in [7, 11) is 0. The van der Waals surface area contributed by atoms with Crippen LogP contribution in [0, 0.1) is 0 Å². The number of hydrogen-bond donors (Lipinski definition) is 1. The summed E-state index contributed by atoms with van der Waals surface area (Å²) in [6.07, 6.45) is 4.84. The Labute approximate surface area is 112 Å². The monoisotopic (exact) mass is 182 g/mol. The van der Waals surface area contributed by atoms with Gasteiger partial charge in [0.05, 0.1) is 0 Å². The summed E-state index contributed by atoms with van der Waals surface area (Å²) in [5.41, 5.74) is 0.452. The number of aliphatic carboxylic acids is 1. The van der Waals surface area contributed by atoms with Gasteiger partial charge >= 0.3 is 57.4 Å². The topological polar surface area (TPSA) is 37.3 Å². The number of carbonyl (C=O) groups is 1. The van der Waals surface area contributed by atoms with Crippen LogP contribution in [0.5, 0.6) is 0 Å². The first-order chi connectivity index (χ1) is 4.68. The van der Waals surface area contributed by atoms with Crippen molar-refractivity contribution in [3.05, 3.63) is 11.6 Å². The number of carboxylic acid groups (broad SMARTS) is 1. The molecule has 0 aromatic carbocycles. The minimum atomic E-state index is -0.809. The maximum absolute atomic E-state index is 10.2. The summed E-state index contributed by atoms with van der Waals surface area (Å²) in [5, 5.41) is 8.41. The van der Waals surface area contributed by atoms with E-state index < -0.39 is 5.97 Å². The number of carboxylic acids is 1. The first-order valence-corrected chi connectivity index (χ1v) is 3.58. The second-order valence-corrected chi connectivity index (χ2v) is 2.33. The fraction of sp³-hybridized carbons (Fsp3) is 0.625. The molecule has 0 unspecified atom stereocenters. The molecule has 0 radical (unpaired) electrons. The smallest absolute Gasteiger partial charge is 1.00 e. The second-order valence-electron chi connectivity index (χ2n) is 2.33. The van der Waals surface area contributed by atoms with Crippen LogP contribution < -0.4 is 51.4 Å². The first-order valence-electron chi connectivity index (χ1n) is 3.58. The minimum Gasteiger partial charge on any atom is -1.00 e. The van der Waals surface area contributed by atoms with Crippen LogP contribution in [-0.2, 0) is 4.79 Å². The molecule has 0 atom stereocenters. The molecule has 0 saturated heterocycles. The van der Waals surface area contributed by atoms with Crippen LogP contribution >= 0.6 is 0 Å². The number of rotatable bonds is 4. The Kier molecular flexibility index (Phi) is 11.7. The summed E-state index contributed by atoms with van der Waals surface area (Å²) in [5.74, 6) is -0.809. The quantitative estimate of drug-likeness (QED) is 0.355. The Morgan fingerprint density at radius 3 is 2.55 bits per heavy atom. The predicted molar refractivity (Wildman–Crippen MR) is 42.0 cm³/mol. The predicted octanol–water partition coefficient (Wildman–Crippen LogP) is -0.676. The maximum atomic E-state index is 10.2. The Bertz CT molecular complexity index is 146. The van der Waals surface area contributed by atoms with Gasteiger partial charge in [0.2, 0.25) is 0 Å². The van der Waals surface area contributed by atoms with E-state index in [1.54, 1.807) is 13.0 Å². The van der Waals surface area contributed by atoms with E-state index in [0.29, 0.717) is 5.57 Å². The van der Waals surface area contributed by atoms with Crippen LogP contribution in [0.25, 0.3) is 0 Å². The van der Waals surface area contributed by atoms with E-state index in [4.69, 9.17) is 5.11 Å². The van der Waals surface area contributed by atoms with Gasteiger partial charge in [-0.2, -0.15) is 0 Å². The largest absolute Gasteiger partial charge is 1.00 e. The molecule has 60 valence electrons. The second kappa shape index (κ2) is 8.94. The van der Waals surface area contributed by atoms with Crippen molar-refractivity contribution in [3.8, 4) is 0 Å². The van der Waals surface area contributed by atoms with E-state index in [0.717, 1.165) is 19.3 Å². The van der Waals surface area contributed by atoms with Crippen molar-refractivity contribution in [2.24, 2.45) is 0 Å². The first kappa shape index (κ1) is 14.4. The van der Waals surface area contributed by atoms with Crippen molar-refractivity contribution in [2.75, 3.05) is 0 Å². The van der Waals surface area contributed by atoms with Crippen molar-refractivity contribution < 1.29 is 62.7 Å². The van der Waals surface area contributed by atoms with E-state index >= 15 is 0 Å². The molecule has 0 amide bonds. The van der Waals surface area contributed by atoms with Gasteiger partial charge in [-0.3, -0.25) is 0 Å². The van der Waals surface area contributed by atoms with Crippen molar-refractivity contribution in [1.82, 2.24) is 0 Å². The Morgan fingerprint density at radius 1 is 1.64 bits per heavy atom. The van der Waals surface area contributed by atoms with Gasteiger partial charge < -0.3 is 6.53 Å². The van der Waals surface area contributed by atoms with Gasteiger partial charge in [-0.15, -0.1) is 0 Å².